The first-order chi connectivity index (χ1) is 9.77. The Morgan fingerprint density at radius 3 is 2.24 bits per heavy atom. The van der Waals surface area contributed by atoms with Gasteiger partial charge in [0, 0.05) is 15.7 Å². The molecule has 0 atom stereocenters. The Kier molecular flexibility index (Phi) is 5.59. The molecular formula is C13H8Br2Cl2O3S. The van der Waals surface area contributed by atoms with Gasteiger partial charge in [-0.3, -0.25) is 0 Å². The lowest BCUT2D eigenvalue weighted by atomic mass is 10.2. The van der Waals surface area contributed by atoms with Crippen LogP contribution < -0.4 is 4.74 Å². The van der Waals surface area contributed by atoms with Gasteiger partial charge in [0.05, 0.1) is 13.8 Å². The summed E-state index contributed by atoms with van der Waals surface area (Å²) in [6.07, 6.45) is 0. The van der Waals surface area contributed by atoms with E-state index in [1.165, 1.54) is 12.1 Å². The first-order valence-corrected chi connectivity index (χ1v) is 9.85. The second-order valence-electron chi connectivity index (χ2n) is 4.07. The van der Waals surface area contributed by atoms with Crippen molar-refractivity contribution in [2.24, 2.45) is 0 Å². The van der Waals surface area contributed by atoms with Crippen molar-refractivity contribution in [2.75, 3.05) is 0 Å². The third-order valence-electron chi connectivity index (χ3n) is 2.53. The number of halogens is 4. The Morgan fingerprint density at radius 1 is 1.10 bits per heavy atom. The zero-order chi connectivity index (χ0) is 15.6. The van der Waals surface area contributed by atoms with Gasteiger partial charge in [0.25, 0.3) is 9.05 Å². The van der Waals surface area contributed by atoms with E-state index in [1.807, 2.05) is 12.1 Å². The van der Waals surface area contributed by atoms with Crippen molar-refractivity contribution in [2.45, 2.75) is 11.5 Å². The quantitative estimate of drug-likeness (QED) is 0.559. The van der Waals surface area contributed by atoms with Crippen molar-refractivity contribution in [1.82, 2.24) is 0 Å². The molecule has 0 N–H and O–H groups in total. The lowest BCUT2D eigenvalue weighted by molar-refractivity contribution is 0.302. The molecule has 0 saturated heterocycles. The predicted molar refractivity (Wildman–Crippen MR) is 90.7 cm³/mol. The summed E-state index contributed by atoms with van der Waals surface area (Å²) in [5, 5.41) is 0.623. The van der Waals surface area contributed by atoms with Crippen molar-refractivity contribution in [3.05, 3.63) is 55.9 Å². The second kappa shape index (κ2) is 6.87. The molecule has 0 aromatic heterocycles. The molecular weight excluding hydrogens is 467 g/mol. The van der Waals surface area contributed by atoms with E-state index in [-0.39, 0.29) is 4.90 Å². The Hall–Kier alpha value is -0.270. The number of ether oxygens (including phenoxy) is 1. The third-order valence-corrected chi connectivity index (χ3v) is 5.27. The summed E-state index contributed by atoms with van der Waals surface area (Å²) in [4.78, 5) is -0.0157. The highest BCUT2D eigenvalue weighted by molar-refractivity contribution is 9.11. The van der Waals surface area contributed by atoms with E-state index in [4.69, 9.17) is 27.0 Å². The van der Waals surface area contributed by atoms with Gasteiger partial charge in [-0.2, -0.15) is 0 Å². The van der Waals surface area contributed by atoms with E-state index >= 15 is 0 Å². The average molecular weight is 475 g/mol. The number of hydrogen-bond donors (Lipinski definition) is 0. The normalized spacial score (nSPS) is 11.4. The van der Waals surface area contributed by atoms with Crippen molar-refractivity contribution >= 4 is 63.2 Å². The van der Waals surface area contributed by atoms with Gasteiger partial charge < -0.3 is 4.74 Å². The van der Waals surface area contributed by atoms with Gasteiger partial charge in [0.2, 0.25) is 0 Å². The molecule has 3 nitrogen and oxygen atoms in total. The van der Waals surface area contributed by atoms with Crippen LogP contribution >= 0.6 is 54.1 Å². The van der Waals surface area contributed by atoms with E-state index in [2.05, 4.69) is 31.9 Å². The molecule has 0 bridgehead atoms. The predicted octanol–water partition coefficient (Wildman–Crippen LogP) is 5.37. The highest BCUT2D eigenvalue weighted by Gasteiger charge is 2.16. The summed E-state index contributed by atoms with van der Waals surface area (Å²) < 4.78 is 29.3. The minimum absolute atomic E-state index is 0.0157. The Bertz CT molecular complexity index is 756. The first kappa shape index (κ1) is 17.1. The van der Waals surface area contributed by atoms with Gasteiger partial charge in [-0.1, -0.05) is 23.7 Å². The van der Waals surface area contributed by atoms with Gasteiger partial charge in [-0.15, -0.1) is 0 Å². The van der Waals surface area contributed by atoms with Crippen LogP contribution in [0, 0.1) is 0 Å². The van der Waals surface area contributed by atoms with Crippen LogP contribution in [-0.2, 0) is 15.7 Å². The number of rotatable bonds is 4. The van der Waals surface area contributed by atoms with Crippen LogP contribution in [0.2, 0.25) is 5.02 Å². The van der Waals surface area contributed by atoms with Gasteiger partial charge in [0.15, 0.2) is 0 Å². The fourth-order valence-electron chi connectivity index (χ4n) is 1.60. The van der Waals surface area contributed by atoms with Crippen molar-refractivity contribution in [1.29, 1.82) is 0 Å². The van der Waals surface area contributed by atoms with Crippen molar-refractivity contribution in [3.8, 4) is 5.75 Å². The summed E-state index contributed by atoms with van der Waals surface area (Å²) in [6.45, 7) is 0.296. The van der Waals surface area contributed by atoms with Gasteiger partial charge in [-0.25, -0.2) is 8.42 Å². The minimum atomic E-state index is -3.80. The van der Waals surface area contributed by atoms with Gasteiger partial charge in [0.1, 0.15) is 12.4 Å². The molecule has 2 aromatic rings. The van der Waals surface area contributed by atoms with E-state index < -0.39 is 9.05 Å². The summed E-state index contributed by atoms with van der Waals surface area (Å²) in [7, 11) is 1.52. The minimum Gasteiger partial charge on any atom is -0.487 e. The summed E-state index contributed by atoms with van der Waals surface area (Å²) in [5.74, 6) is 0.485. The van der Waals surface area contributed by atoms with Crippen molar-refractivity contribution < 1.29 is 13.2 Å². The van der Waals surface area contributed by atoms with E-state index in [1.54, 1.807) is 12.1 Å². The summed E-state index contributed by atoms with van der Waals surface area (Å²) in [5.41, 5.74) is 0.898. The molecule has 0 aliphatic heterocycles. The SMILES string of the molecule is O=S(=O)(Cl)c1cc(Br)c(OCc2cccc(Cl)c2)c(Br)c1. The first-order valence-electron chi connectivity index (χ1n) is 5.58. The smallest absolute Gasteiger partial charge is 0.261 e. The van der Waals surface area contributed by atoms with E-state index in [0.29, 0.717) is 26.3 Å². The molecule has 8 heteroatoms. The summed E-state index contributed by atoms with van der Waals surface area (Å²) in [6, 6.07) is 10.1. The maximum Gasteiger partial charge on any atom is 0.261 e. The Labute approximate surface area is 148 Å². The van der Waals surface area contributed by atoms with Crippen LogP contribution in [0.3, 0.4) is 0 Å². The maximum absolute atomic E-state index is 11.3. The zero-order valence-electron chi connectivity index (χ0n) is 10.3. The molecule has 0 aliphatic carbocycles. The number of benzene rings is 2. The monoisotopic (exact) mass is 472 g/mol. The molecule has 0 amide bonds. The lowest BCUT2D eigenvalue weighted by Gasteiger charge is -2.11. The Balaban J connectivity index is 2.25. The van der Waals surface area contributed by atoms with Gasteiger partial charge in [-0.05, 0) is 61.7 Å². The fraction of sp³-hybridized carbons (Fsp3) is 0.0769. The average Bonchev–Trinajstić information content (AvgIpc) is 2.36. The van der Waals surface area contributed by atoms with Crippen LogP contribution in [0.4, 0.5) is 0 Å². The van der Waals surface area contributed by atoms with Crippen LogP contribution in [0.15, 0.2) is 50.2 Å². The second-order valence-corrected chi connectivity index (χ2v) is 8.78. The maximum atomic E-state index is 11.3. The molecule has 0 radical (unpaired) electrons. The third kappa shape index (κ3) is 4.60. The molecule has 21 heavy (non-hydrogen) atoms. The van der Waals surface area contributed by atoms with Crippen molar-refractivity contribution in [3.63, 3.8) is 0 Å². The van der Waals surface area contributed by atoms with Crippen LogP contribution in [0.25, 0.3) is 0 Å². The van der Waals surface area contributed by atoms with Crippen LogP contribution in [0.1, 0.15) is 5.56 Å². The topological polar surface area (TPSA) is 43.4 Å². The largest absolute Gasteiger partial charge is 0.487 e. The fourth-order valence-corrected chi connectivity index (χ4v) is 4.31. The standard InChI is InChI=1S/C13H8Br2Cl2O3S/c14-11-5-10(21(17,18)19)6-12(15)13(11)20-7-8-2-1-3-9(16)4-8/h1-6H,7H2. The molecule has 2 aromatic carbocycles. The molecule has 112 valence electrons. The molecule has 0 heterocycles. The van der Waals surface area contributed by atoms with E-state index in [0.717, 1.165) is 5.56 Å². The van der Waals surface area contributed by atoms with Crippen LogP contribution in [0.5, 0.6) is 5.75 Å². The molecule has 0 fully saturated rings. The summed E-state index contributed by atoms with van der Waals surface area (Å²) >= 11 is 12.5. The molecule has 0 aliphatic rings. The molecule has 2 rings (SSSR count). The molecule has 0 unspecified atom stereocenters. The van der Waals surface area contributed by atoms with Crippen LogP contribution in [-0.4, -0.2) is 8.42 Å². The molecule has 0 saturated carbocycles. The highest BCUT2D eigenvalue weighted by Crippen LogP contribution is 2.37. The zero-order valence-corrected chi connectivity index (χ0v) is 15.8. The Morgan fingerprint density at radius 2 is 1.71 bits per heavy atom. The highest BCUT2D eigenvalue weighted by atomic mass is 79.9. The number of hydrogen-bond acceptors (Lipinski definition) is 3. The van der Waals surface area contributed by atoms with E-state index in [9.17, 15) is 8.42 Å². The lowest BCUT2D eigenvalue weighted by Crippen LogP contribution is -1.99. The molecule has 0 spiro atoms. The van der Waals surface area contributed by atoms with Gasteiger partial charge >= 0.3 is 0 Å².